The van der Waals surface area contributed by atoms with Gasteiger partial charge in [0.25, 0.3) is 0 Å². The number of hydrogen-bond donors (Lipinski definition) is 2. The second-order valence-electron chi connectivity index (χ2n) is 5.08. The first-order chi connectivity index (χ1) is 8.99. The molecule has 0 aliphatic heterocycles. The first-order valence-electron chi connectivity index (χ1n) is 6.65. The molecule has 0 unspecified atom stereocenters. The summed E-state index contributed by atoms with van der Waals surface area (Å²) in [6, 6.07) is 4.56. The zero-order valence-electron chi connectivity index (χ0n) is 11.6. The molecule has 0 spiro atoms. The van der Waals surface area contributed by atoms with E-state index < -0.39 is 0 Å². The van der Waals surface area contributed by atoms with Gasteiger partial charge in [0.15, 0.2) is 11.5 Å². The fourth-order valence-corrected chi connectivity index (χ4v) is 1.72. The fraction of sp³-hybridized carbons (Fsp3) is 0.533. The van der Waals surface area contributed by atoms with Gasteiger partial charge in [-0.05, 0) is 42.9 Å². The van der Waals surface area contributed by atoms with Crippen molar-refractivity contribution >= 4 is 5.97 Å². The van der Waals surface area contributed by atoms with Crippen LogP contribution in [0.1, 0.15) is 38.7 Å². The number of carbonyl (C=O) groups excluding carboxylic acids is 1. The summed E-state index contributed by atoms with van der Waals surface area (Å²) in [5, 5.41) is 18.5. The molecule has 1 aromatic rings. The monoisotopic (exact) mass is 266 g/mol. The maximum Gasteiger partial charge on any atom is 0.306 e. The third-order valence-electron chi connectivity index (χ3n) is 2.85. The van der Waals surface area contributed by atoms with Crippen molar-refractivity contribution in [2.75, 3.05) is 6.61 Å². The van der Waals surface area contributed by atoms with E-state index >= 15 is 0 Å². The minimum absolute atomic E-state index is 0.153. The van der Waals surface area contributed by atoms with Gasteiger partial charge < -0.3 is 14.9 Å². The molecule has 106 valence electrons. The van der Waals surface area contributed by atoms with Crippen LogP contribution < -0.4 is 0 Å². The molecular formula is C15H22O4. The van der Waals surface area contributed by atoms with E-state index in [0.717, 1.165) is 18.4 Å². The molecule has 4 nitrogen and oxygen atoms in total. The normalized spacial score (nSPS) is 10.7. The molecule has 0 aromatic heterocycles. The van der Waals surface area contributed by atoms with Gasteiger partial charge in [0.05, 0.1) is 6.61 Å². The first kappa shape index (κ1) is 15.3. The highest BCUT2D eigenvalue weighted by Gasteiger charge is 2.06. The average Bonchev–Trinajstić information content (AvgIpc) is 2.36. The molecule has 4 heteroatoms. The molecule has 0 aliphatic carbocycles. The van der Waals surface area contributed by atoms with Gasteiger partial charge >= 0.3 is 5.97 Å². The molecule has 2 N–H and O–H groups in total. The Morgan fingerprint density at radius 2 is 2.00 bits per heavy atom. The number of rotatable bonds is 7. The number of ether oxygens (including phenoxy) is 1. The minimum atomic E-state index is -0.226. The highest BCUT2D eigenvalue weighted by molar-refractivity contribution is 5.69. The lowest BCUT2D eigenvalue weighted by Gasteiger charge is -2.07. The second-order valence-corrected chi connectivity index (χ2v) is 5.08. The molecule has 0 aliphatic rings. The van der Waals surface area contributed by atoms with E-state index in [9.17, 15) is 9.90 Å². The van der Waals surface area contributed by atoms with Gasteiger partial charge in [-0.15, -0.1) is 0 Å². The van der Waals surface area contributed by atoms with Gasteiger partial charge in [-0.2, -0.15) is 0 Å². The summed E-state index contributed by atoms with van der Waals surface area (Å²) >= 11 is 0. The predicted molar refractivity (Wildman–Crippen MR) is 73.1 cm³/mol. The van der Waals surface area contributed by atoms with Crippen molar-refractivity contribution in [3.8, 4) is 11.5 Å². The number of carbonyl (C=O) groups is 1. The maximum atomic E-state index is 11.5. The summed E-state index contributed by atoms with van der Waals surface area (Å²) in [5.74, 6) is 0.0813. The first-order valence-corrected chi connectivity index (χ1v) is 6.65. The summed E-state index contributed by atoms with van der Waals surface area (Å²) in [5.41, 5.74) is 0.800. The lowest BCUT2D eigenvalue weighted by Crippen LogP contribution is -2.07. The Hall–Kier alpha value is -1.71. The molecule has 1 rings (SSSR count). The Morgan fingerprint density at radius 3 is 2.63 bits per heavy atom. The highest BCUT2D eigenvalue weighted by Crippen LogP contribution is 2.25. The maximum absolute atomic E-state index is 11.5. The number of aromatic hydroxyl groups is 2. The summed E-state index contributed by atoms with van der Waals surface area (Å²) in [4.78, 5) is 11.5. The fourth-order valence-electron chi connectivity index (χ4n) is 1.72. The second kappa shape index (κ2) is 7.67. The molecule has 0 bridgehead atoms. The predicted octanol–water partition coefficient (Wildman–Crippen LogP) is 3.01. The number of benzene rings is 1. The van der Waals surface area contributed by atoms with Crippen LogP contribution in [0.3, 0.4) is 0 Å². The van der Waals surface area contributed by atoms with Crippen LogP contribution in [0, 0.1) is 5.92 Å². The number of hydrogen-bond acceptors (Lipinski definition) is 4. The molecule has 0 heterocycles. The average molecular weight is 266 g/mol. The number of aryl methyl sites for hydroxylation is 1. The summed E-state index contributed by atoms with van der Waals surface area (Å²) < 4.78 is 5.12. The molecule has 0 saturated heterocycles. The van der Waals surface area contributed by atoms with Crippen molar-refractivity contribution in [3.63, 3.8) is 0 Å². The topological polar surface area (TPSA) is 66.8 Å². The van der Waals surface area contributed by atoms with Crippen molar-refractivity contribution in [3.05, 3.63) is 23.8 Å². The Morgan fingerprint density at radius 1 is 1.26 bits per heavy atom. The lowest BCUT2D eigenvalue weighted by molar-refractivity contribution is -0.143. The summed E-state index contributed by atoms with van der Waals surface area (Å²) in [6.07, 6.45) is 2.73. The van der Waals surface area contributed by atoms with E-state index in [1.54, 1.807) is 6.07 Å². The van der Waals surface area contributed by atoms with Crippen LogP contribution in [0.2, 0.25) is 0 Å². The van der Waals surface area contributed by atoms with E-state index in [1.807, 2.05) is 0 Å². The smallest absolute Gasteiger partial charge is 0.306 e. The van der Waals surface area contributed by atoms with Gasteiger partial charge in [0.1, 0.15) is 0 Å². The standard InChI is InChI=1S/C15H22O4/c1-11(2)4-3-9-19-15(18)8-6-12-5-7-13(16)14(17)10-12/h5,7,10-11,16-17H,3-4,6,8-9H2,1-2H3. The quantitative estimate of drug-likeness (QED) is 0.452. The van der Waals surface area contributed by atoms with E-state index in [1.165, 1.54) is 12.1 Å². The van der Waals surface area contributed by atoms with Crippen LogP contribution in [-0.2, 0) is 16.0 Å². The largest absolute Gasteiger partial charge is 0.504 e. The molecular weight excluding hydrogens is 244 g/mol. The Kier molecular flexibility index (Phi) is 6.19. The van der Waals surface area contributed by atoms with Gasteiger partial charge in [-0.25, -0.2) is 0 Å². The van der Waals surface area contributed by atoms with Crippen molar-refractivity contribution in [2.45, 2.75) is 39.5 Å². The third kappa shape index (κ3) is 6.13. The van der Waals surface area contributed by atoms with E-state index in [0.29, 0.717) is 18.9 Å². The van der Waals surface area contributed by atoms with Crippen LogP contribution in [-0.4, -0.2) is 22.8 Å². The molecule has 0 amide bonds. The zero-order chi connectivity index (χ0) is 14.3. The Balaban J connectivity index is 2.24. The van der Waals surface area contributed by atoms with Gasteiger partial charge in [-0.1, -0.05) is 19.9 Å². The Bertz CT molecular complexity index is 413. The molecule has 0 radical (unpaired) electrons. The third-order valence-corrected chi connectivity index (χ3v) is 2.85. The number of phenolic OH excluding ortho intramolecular Hbond substituents is 2. The lowest BCUT2D eigenvalue weighted by atomic mass is 10.1. The summed E-state index contributed by atoms with van der Waals surface area (Å²) in [6.45, 7) is 4.75. The van der Waals surface area contributed by atoms with E-state index in [4.69, 9.17) is 9.84 Å². The zero-order valence-corrected chi connectivity index (χ0v) is 11.6. The van der Waals surface area contributed by atoms with Crippen LogP contribution >= 0.6 is 0 Å². The van der Waals surface area contributed by atoms with Crippen LogP contribution in [0.15, 0.2) is 18.2 Å². The molecule has 19 heavy (non-hydrogen) atoms. The van der Waals surface area contributed by atoms with Crippen molar-refractivity contribution in [1.29, 1.82) is 0 Å². The van der Waals surface area contributed by atoms with Gasteiger partial charge in [-0.3, -0.25) is 4.79 Å². The molecule has 1 aromatic carbocycles. The molecule has 0 atom stereocenters. The molecule has 0 saturated carbocycles. The summed E-state index contributed by atoms with van der Waals surface area (Å²) in [7, 11) is 0. The van der Waals surface area contributed by atoms with Gasteiger partial charge in [0, 0.05) is 6.42 Å². The van der Waals surface area contributed by atoms with Crippen molar-refractivity contribution < 1.29 is 19.7 Å². The SMILES string of the molecule is CC(C)CCCOC(=O)CCc1ccc(O)c(O)c1. The van der Waals surface area contributed by atoms with Gasteiger partial charge in [0.2, 0.25) is 0 Å². The van der Waals surface area contributed by atoms with Crippen LogP contribution in [0.5, 0.6) is 11.5 Å². The number of esters is 1. The number of phenols is 2. The van der Waals surface area contributed by atoms with E-state index in [-0.39, 0.29) is 23.9 Å². The Labute approximate surface area is 114 Å². The van der Waals surface area contributed by atoms with Crippen LogP contribution in [0.4, 0.5) is 0 Å². The molecule has 0 fully saturated rings. The van der Waals surface area contributed by atoms with E-state index in [2.05, 4.69) is 13.8 Å². The minimum Gasteiger partial charge on any atom is -0.504 e. The van der Waals surface area contributed by atoms with Crippen LogP contribution in [0.25, 0.3) is 0 Å². The van der Waals surface area contributed by atoms with Crippen molar-refractivity contribution in [1.82, 2.24) is 0 Å². The highest BCUT2D eigenvalue weighted by atomic mass is 16.5. The van der Waals surface area contributed by atoms with Crippen molar-refractivity contribution in [2.24, 2.45) is 5.92 Å².